The van der Waals surface area contributed by atoms with Crippen LogP contribution >= 0.6 is 0 Å². The van der Waals surface area contributed by atoms with Gasteiger partial charge in [0.1, 0.15) is 12.4 Å². The summed E-state index contributed by atoms with van der Waals surface area (Å²) < 4.78 is 5.64. The Hall–Kier alpha value is -1.29. The van der Waals surface area contributed by atoms with Crippen molar-refractivity contribution < 1.29 is 4.74 Å². The molecule has 1 fully saturated rings. The van der Waals surface area contributed by atoms with Gasteiger partial charge in [-0.25, -0.2) is 0 Å². The number of rotatable bonds is 2. The van der Waals surface area contributed by atoms with Crippen LogP contribution in [0.25, 0.3) is 0 Å². The smallest absolute Gasteiger partial charge is 0.219 e. The highest BCUT2D eigenvalue weighted by molar-refractivity contribution is 5.45. The maximum atomic E-state index is 5.64. The summed E-state index contributed by atoms with van der Waals surface area (Å²) in [7, 11) is 2.11. The van der Waals surface area contributed by atoms with Gasteiger partial charge in [0.05, 0.1) is 0 Å². The molecule has 86 valence electrons. The SMILES string of the molecule is CN(c1ccc2c(n1)OCCNC2)C1CC1. The van der Waals surface area contributed by atoms with Crippen molar-refractivity contribution in [2.45, 2.75) is 25.4 Å². The fourth-order valence-electron chi connectivity index (χ4n) is 2.01. The van der Waals surface area contributed by atoms with Crippen molar-refractivity contribution in [2.75, 3.05) is 25.1 Å². The second kappa shape index (κ2) is 3.94. The van der Waals surface area contributed by atoms with Gasteiger partial charge < -0.3 is 15.0 Å². The fourth-order valence-corrected chi connectivity index (χ4v) is 2.01. The lowest BCUT2D eigenvalue weighted by molar-refractivity contribution is 0.314. The van der Waals surface area contributed by atoms with Gasteiger partial charge in [-0.05, 0) is 25.0 Å². The zero-order valence-electron chi connectivity index (χ0n) is 9.57. The lowest BCUT2D eigenvalue weighted by Crippen LogP contribution is -2.20. The van der Waals surface area contributed by atoms with Crippen molar-refractivity contribution in [3.63, 3.8) is 0 Å². The van der Waals surface area contributed by atoms with Crippen LogP contribution < -0.4 is 15.0 Å². The van der Waals surface area contributed by atoms with E-state index < -0.39 is 0 Å². The number of aromatic nitrogens is 1. The molecule has 1 aliphatic heterocycles. The summed E-state index contributed by atoms with van der Waals surface area (Å²) in [6.07, 6.45) is 2.58. The van der Waals surface area contributed by atoms with Crippen LogP contribution in [0.2, 0.25) is 0 Å². The first-order chi connectivity index (χ1) is 7.84. The molecule has 0 spiro atoms. The minimum atomic E-state index is 0.689. The van der Waals surface area contributed by atoms with E-state index in [0.717, 1.165) is 30.4 Å². The molecule has 0 amide bonds. The van der Waals surface area contributed by atoms with Crippen molar-refractivity contribution in [3.8, 4) is 5.88 Å². The van der Waals surface area contributed by atoms with Crippen molar-refractivity contribution in [1.82, 2.24) is 10.3 Å². The summed E-state index contributed by atoms with van der Waals surface area (Å²) in [6.45, 7) is 2.45. The van der Waals surface area contributed by atoms with E-state index >= 15 is 0 Å². The first kappa shape index (κ1) is 9.90. The Labute approximate surface area is 95.6 Å². The molecule has 0 radical (unpaired) electrons. The molecule has 4 heteroatoms. The molecule has 1 aromatic heterocycles. The average molecular weight is 219 g/mol. The first-order valence-electron chi connectivity index (χ1n) is 5.91. The van der Waals surface area contributed by atoms with E-state index in [1.807, 2.05) is 0 Å². The lowest BCUT2D eigenvalue weighted by atomic mass is 10.2. The van der Waals surface area contributed by atoms with Gasteiger partial charge in [-0.2, -0.15) is 4.98 Å². The van der Waals surface area contributed by atoms with E-state index in [-0.39, 0.29) is 0 Å². The number of hydrogen-bond acceptors (Lipinski definition) is 4. The van der Waals surface area contributed by atoms with E-state index in [4.69, 9.17) is 4.74 Å². The molecule has 1 N–H and O–H groups in total. The second-order valence-electron chi connectivity index (χ2n) is 4.50. The molecule has 16 heavy (non-hydrogen) atoms. The number of fused-ring (bicyclic) bond motifs is 1. The van der Waals surface area contributed by atoms with Gasteiger partial charge in [0.2, 0.25) is 5.88 Å². The third kappa shape index (κ3) is 1.85. The number of ether oxygens (including phenoxy) is 1. The second-order valence-corrected chi connectivity index (χ2v) is 4.50. The van der Waals surface area contributed by atoms with Crippen LogP contribution in [-0.2, 0) is 6.54 Å². The van der Waals surface area contributed by atoms with E-state index in [1.165, 1.54) is 12.8 Å². The predicted octanol–water partition coefficient (Wildman–Crippen LogP) is 1.16. The van der Waals surface area contributed by atoms with Gasteiger partial charge in [0.15, 0.2) is 0 Å². The maximum Gasteiger partial charge on any atom is 0.219 e. The van der Waals surface area contributed by atoms with Crippen molar-refractivity contribution in [2.24, 2.45) is 0 Å². The molecular formula is C12H17N3O. The monoisotopic (exact) mass is 219 g/mol. The van der Waals surface area contributed by atoms with E-state index in [9.17, 15) is 0 Å². The Morgan fingerprint density at radius 3 is 3.12 bits per heavy atom. The number of anilines is 1. The molecule has 0 atom stereocenters. The molecule has 0 unspecified atom stereocenters. The molecule has 0 saturated heterocycles. The highest BCUT2D eigenvalue weighted by Gasteiger charge is 2.27. The normalized spacial score (nSPS) is 19.6. The predicted molar refractivity (Wildman–Crippen MR) is 62.9 cm³/mol. The van der Waals surface area contributed by atoms with Crippen LogP contribution in [0.3, 0.4) is 0 Å². The number of hydrogen-bond donors (Lipinski definition) is 1. The summed E-state index contributed by atoms with van der Waals surface area (Å²) in [6, 6.07) is 4.90. The van der Waals surface area contributed by atoms with Gasteiger partial charge >= 0.3 is 0 Å². The molecule has 2 aliphatic rings. The van der Waals surface area contributed by atoms with Crippen LogP contribution in [-0.4, -0.2) is 31.2 Å². The summed E-state index contributed by atoms with van der Waals surface area (Å²) in [4.78, 5) is 6.85. The molecule has 4 nitrogen and oxygen atoms in total. The first-order valence-corrected chi connectivity index (χ1v) is 5.91. The van der Waals surface area contributed by atoms with Crippen LogP contribution in [0.1, 0.15) is 18.4 Å². The summed E-state index contributed by atoms with van der Waals surface area (Å²) in [5.41, 5.74) is 1.16. The fraction of sp³-hybridized carbons (Fsp3) is 0.583. The molecule has 2 heterocycles. The molecule has 1 saturated carbocycles. The van der Waals surface area contributed by atoms with Gasteiger partial charge in [-0.1, -0.05) is 0 Å². The van der Waals surface area contributed by atoms with Gasteiger partial charge in [0, 0.05) is 31.7 Å². The zero-order valence-corrected chi connectivity index (χ0v) is 9.57. The Kier molecular flexibility index (Phi) is 2.44. The van der Waals surface area contributed by atoms with Gasteiger partial charge in [-0.15, -0.1) is 0 Å². The summed E-state index contributed by atoms with van der Waals surface area (Å²) in [5.74, 6) is 1.83. The standard InChI is InChI=1S/C12H17N3O/c1-15(10-3-4-10)11-5-2-9-8-13-6-7-16-12(9)14-11/h2,5,10,13H,3-4,6-8H2,1H3. The number of nitrogens with one attached hydrogen (secondary N) is 1. The van der Waals surface area contributed by atoms with E-state index in [0.29, 0.717) is 12.6 Å². The highest BCUT2D eigenvalue weighted by Crippen LogP contribution is 2.30. The molecule has 1 aliphatic carbocycles. The van der Waals surface area contributed by atoms with Crippen LogP contribution in [0.15, 0.2) is 12.1 Å². The van der Waals surface area contributed by atoms with Gasteiger partial charge in [0.25, 0.3) is 0 Å². The van der Waals surface area contributed by atoms with Crippen LogP contribution in [0.4, 0.5) is 5.82 Å². The number of nitrogens with zero attached hydrogens (tertiary/aromatic N) is 2. The molecule has 0 bridgehead atoms. The van der Waals surface area contributed by atoms with Gasteiger partial charge in [-0.3, -0.25) is 0 Å². The third-order valence-corrected chi connectivity index (χ3v) is 3.21. The molecule has 1 aromatic rings. The minimum Gasteiger partial charge on any atom is -0.476 e. The Balaban J connectivity index is 1.87. The van der Waals surface area contributed by atoms with Crippen molar-refractivity contribution in [1.29, 1.82) is 0 Å². The third-order valence-electron chi connectivity index (χ3n) is 3.21. The van der Waals surface area contributed by atoms with Crippen LogP contribution in [0.5, 0.6) is 5.88 Å². The topological polar surface area (TPSA) is 37.4 Å². The Morgan fingerprint density at radius 1 is 1.44 bits per heavy atom. The van der Waals surface area contributed by atoms with Crippen LogP contribution in [0, 0.1) is 0 Å². The minimum absolute atomic E-state index is 0.689. The van der Waals surface area contributed by atoms with E-state index in [2.05, 4.69) is 34.4 Å². The average Bonchev–Trinajstić information content (AvgIpc) is 3.14. The quantitative estimate of drug-likeness (QED) is 0.810. The van der Waals surface area contributed by atoms with Crippen molar-refractivity contribution in [3.05, 3.63) is 17.7 Å². The summed E-state index contributed by atoms with van der Waals surface area (Å²) >= 11 is 0. The zero-order chi connectivity index (χ0) is 11.0. The summed E-state index contributed by atoms with van der Waals surface area (Å²) in [5, 5.41) is 3.31. The largest absolute Gasteiger partial charge is 0.476 e. The maximum absolute atomic E-state index is 5.64. The Morgan fingerprint density at radius 2 is 2.31 bits per heavy atom. The molecule has 0 aromatic carbocycles. The lowest BCUT2D eigenvalue weighted by Gasteiger charge is -2.18. The van der Waals surface area contributed by atoms with Crippen molar-refractivity contribution >= 4 is 5.82 Å². The Bertz CT molecular complexity index is 390. The van der Waals surface area contributed by atoms with E-state index in [1.54, 1.807) is 0 Å². The molecule has 3 rings (SSSR count). The highest BCUT2D eigenvalue weighted by atomic mass is 16.5. The number of pyridine rings is 1. The molecular weight excluding hydrogens is 202 g/mol.